The summed E-state index contributed by atoms with van der Waals surface area (Å²) in [5, 5.41) is 0. The zero-order valence-corrected chi connectivity index (χ0v) is 7.41. The van der Waals surface area contributed by atoms with Crippen molar-refractivity contribution in [2.45, 2.75) is 0 Å². The Morgan fingerprint density at radius 2 is 1.60 bits per heavy atom. The summed E-state index contributed by atoms with van der Waals surface area (Å²) < 4.78 is 26.0. The van der Waals surface area contributed by atoms with Crippen molar-refractivity contribution < 1.29 is 18.4 Å². The topological polar surface area (TPSA) is 37.4 Å². The molecule has 0 aliphatic carbocycles. The van der Waals surface area contributed by atoms with Gasteiger partial charge in [0.2, 0.25) is 0 Å². The van der Waals surface area contributed by atoms with E-state index in [2.05, 4.69) is 0 Å². The quantitative estimate of drug-likeness (QED) is 0.655. The van der Waals surface area contributed by atoms with E-state index in [0.717, 1.165) is 30.4 Å². The number of rotatable bonds is 1. The lowest BCUT2D eigenvalue weighted by atomic mass is 10.2. The van der Waals surface area contributed by atoms with Crippen molar-refractivity contribution >= 4 is 17.5 Å². The number of carbonyl (C=O) groups excluding carboxylic acids is 2. The maximum atomic E-state index is 13.2. The molecule has 0 atom stereocenters. The number of anilines is 1. The number of benzene rings is 1. The highest BCUT2D eigenvalue weighted by Crippen LogP contribution is 2.23. The molecule has 0 N–H and O–H groups in total. The molecule has 0 saturated heterocycles. The summed E-state index contributed by atoms with van der Waals surface area (Å²) in [6.07, 6.45) is 2.01. The van der Waals surface area contributed by atoms with E-state index in [4.69, 9.17) is 0 Å². The number of hydrogen-bond acceptors (Lipinski definition) is 2. The van der Waals surface area contributed by atoms with Crippen molar-refractivity contribution in [3.63, 3.8) is 0 Å². The van der Waals surface area contributed by atoms with E-state index in [9.17, 15) is 18.4 Å². The molecule has 0 saturated carbocycles. The molecule has 2 rings (SSSR count). The van der Waals surface area contributed by atoms with Crippen LogP contribution in [-0.4, -0.2) is 11.8 Å². The molecule has 1 aromatic carbocycles. The van der Waals surface area contributed by atoms with Crippen LogP contribution in [0, 0.1) is 11.6 Å². The Kier molecular flexibility index (Phi) is 2.07. The molecule has 1 aliphatic heterocycles. The fourth-order valence-electron chi connectivity index (χ4n) is 1.29. The highest BCUT2D eigenvalue weighted by Gasteiger charge is 2.27. The highest BCUT2D eigenvalue weighted by molar-refractivity contribution is 6.28. The van der Waals surface area contributed by atoms with E-state index in [1.165, 1.54) is 0 Å². The predicted octanol–water partition coefficient (Wildman–Crippen LogP) is 1.39. The monoisotopic (exact) mass is 209 g/mol. The van der Waals surface area contributed by atoms with Crippen molar-refractivity contribution in [3.05, 3.63) is 42.0 Å². The summed E-state index contributed by atoms with van der Waals surface area (Å²) in [7, 11) is 0. The third kappa shape index (κ3) is 1.52. The molecule has 0 unspecified atom stereocenters. The Morgan fingerprint density at radius 3 is 2.20 bits per heavy atom. The smallest absolute Gasteiger partial charge is 0.258 e. The van der Waals surface area contributed by atoms with Gasteiger partial charge in [0.25, 0.3) is 11.8 Å². The fourth-order valence-corrected chi connectivity index (χ4v) is 1.29. The molecule has 0 fully saturated rings. The van der Waals surface area contributed by atoms with Crippen molar-refractivity contribution in [2.75, 3.05) is 4.90 Å². The second-order valence-electron chi connectivity index (χ2n) is 2.94. The first-order valence-corrected chi connectivity index (χ1v) is 4.11. The van der Waals surface area contributed by atoms with Gasteiger partial charge in [-0.15, -0.1) is 0 Å². The lowest BCUT2D eigenvalue weighted by Crippen LogP contribution is -2.30. The molecule has 3 nitrogen and oxygen atoms in total. The predicted molar refractivity (Wildman–Crippen MR) is 48.0 cm³/mol. The summed E-state index contributed by atoms with van der Waals surface area (Å²) in [6.45, 7) is 0. The Morgan fingerprint density at radius 1 is 1.00 bits per heavy atom. The minimum Gasteiger partial charge on any atom is -0.269 e. The van der Waals surface area contributed by atoms with Gasteiger partial charge in [0.1, 0.15) is 11.6 Å². The summed E-state index contributed by atoms with van der Waals surface area (Å²) in [4.78, 5) is 22.9. The Hall–Kier alpha value is -2.04. The number of amides is 2. The molecular weight excluding hydrogens is 204 g/mol. The first-order valence-electron chi connectivity index (χ1n) is 4.11. The van der Waals surface area contributed by atoms with E-state index < -0.39 is 23.4 Å². The van der Waals surface area contributed by atoms with Crippen LogP contribution in [-0.2, 0) is 9.59 Å². The molecule has 5 heteroatoms. The average Bonchev–Trinajstić information content (AvgIpc) is 2.51. The van der Waals surface area contributed by atoms with Gasteiger partial charge in [-0.25, -0.2) is 13.7 Å². The van der Waals surface area contributed by atoms with Crippen LogP contribution in [0.15, 0.2) is 30.4 Å². The fraction of sp³-hybridized carbons (Fsp3) is 0. The van der Waals surface area contributed by atoms with Crippen molar-refractivity contribution in [3.8, 4) is 0 Å². The van der Waals surface area contributed by atoms with Crippen LogP contribution in [0.5, 0.6) is 0 Å². The molecule has 2 amide bonds. The number of imide groups is 1. The molecule has 1 aliphatic rings. The van der Waals surface area contributed by atoms with Gasteiger partial charge in [-0.1, -0.05) is 0 Å². The third-order valence-electron chi connectivity index (χ3n) is 1.96. The first kappa shape index (κ1) is 9.51. The number of hydrogen-bond donors (Lipinski definition) is 0. The van der Waals surface area contributed by atoms with E-state index in [1.807, 2.05) is 0 Å². The van der Waals surface area contributed by atoms with Gasteiger partial charge >= 0.3 is 0 Å². The molecule has 0 aromatic heterocycles. The second kappa shape index (κ2) is 3.27. The molecule has 0 spiro atoms. The first-order chi connectivity index (χ1) is 7.09. The van der Waals surface area contributed by atoms with Crippen LogP contribution in [0.2, 0.25) is 0 Å². The Balaban J connectivity index is 2.50. The minimum absolute atomic E-state index is 0.366. The summed E-state index contributed by atoms with van der Waals surface area (Å²) >= 11 is 0. The van der Waals surface area contributed by atoms with Gasteiger partial charge < -0.3 is 0 Å². The van der Waals surface area contributed by atoms with Crippen LogP contribution >= 0.6 is 0 Å². The van der Waals surface area contributed by atoms with Gasteiger partial charge in [-0.05, 0) is 12.1 Å². The number of carbonyl (C=O) groups is 2. The van der Waals surface area contributed by atoms with Crippen LogP contribution < -0.4 is 4.90 Å². The second-order valence-corrected chi connectivity index (χ2v) is 2.94. The molecule has 0 bridgehead atoms. The van der Waals surface area contributed by atoms with Crippen LogP contribution in [0.1, 0.15) is 0 Å². The van der Waals surface area contributed by atoms with Crippen LogP contribution in [0.3, 0.4) is 0 Å². The summed E-state index contributed by atoms with van der Waals surface area (Å²) in [5.41, 5.74) is -0.366. The molecule has 1 aromatic rings. The lowest BCUT2D eigenvalue weighted by molar-refractivity contribution is -0.120. The molecule has 1 heterocycles. The maximum absolute atomic E-state index is 13.2. The molecule has 15 heavy (non-hydrogen) atoms. The zero-order valence-electron chi connectivity index (χ0n) is 7.41. The molecule has 76 valence electrons. The molecule has 0 radical (unpaired) electrons. The lowest BCUT2D eigenvalue weighted by Gasteiger charge is -2.14. The van der Waals surface area contributed by atoms with Gasteiger partial charge in [-0.2, -0.15) is 0 Å². The van der Waals surface area contributed by atoms with Gasteiger partial charge in [-0.3, -0.25) is 9.59 Å². The third-order valence-corrected chi connectivity index (χ3v) is 1.96. The van der Waals surface area contributed by atoms with Gasteiger partial charge in [0.15, 0.2) is 0 Å². The van der Waals surface area contributed by atoms with Gasteiger partial charge in [0, 0.05) is 18.2 Å². The number of nitrogens with zero attached hydrogens (tertiary/aromatic N) is 1. The Labute approximate surface area is 83.6 Å². The standard InChI is InChI=1S/C10H5F2NO2/c11-6-1-2-7(12)8(5-6)13-9(14)3-4-10(13)15/h1-5H. The largest absolute Gasteiger partial charge is 0.269 e. The van der Waals surface area contributed by atoms with Gasteiger partial charge in [0.05, 0.1) is 5.69 Å². The van der Waals surface area contributed by atoms with E-state index in [1.54, 1.807) is 0 Å². The summed E-state index contributed by atoms with van der Waals surface area (Å²) in [6, 6.07) is 2.58. The van der Waals surface area contributed by atoms with E-state index in [-0.39, 0.29) is 5.69 Å². The maximum Gasteiger partial charge on any atom is 0.258 e. The summed E-state index contributed by atoms with van der Waals surface area (Å²) in [5.74, 6) is -2.88. The van der Waals surface area contributed by atoms with Crippen LogP contribution in [0.4, 0.5) is 14.5 Å². The van der Waals surface area contributed by atoms with E-state index in [0.29, 0.717) is 4.90 Å². The SMILES string of the molecule is O=C1C=CC(=O)N1c1cc(F)ccc1F. The Bertz CT molecular complexity index is 464. The average molecular weight is 209 g/mol. The van der Waals surface area contributed by atoms with Crippen LogP contribution in [0.25, 0.3) is 0 Å². The van der Waals surface area contributed by atoms with Crippen molar-refractivity contribution in [1.29, 1.82) is 0 Å². The highest BCUT2D eigenvalue weighted by atomic mass is 19.1. The number of halogens is 2. The molecular formula is C10H5F2NO2. The van der Waals surface area contributed by atoms with Crippen molar-refractivity contribution in [2.24, 2.45) is 0 Å². The normalized spacial score (nSPS) is 15.2. The van der Waals surface area contributed by atoms with Crippen molar-refractivity contribution in [1.82, 2.24) is 0 Å². The zero-order chi connectivity index (χ0) is 11.0. The minimum atomic E-state index is -0.818. The van der Waals surface area contributed by atoms with E-state index >= 15 is 0 Å².